The average Bonchev–Trinajstić information content (AvgIpc) is 3.09. The number of amides is 1. The molecular weight excluding hydrogens is 382 g/mol. The van der Waals surface area contributed by atoms with Crippen LogP contribution >= 0.6 is 23.4 Å². The Labute approximate surface area is 167 Å². The molecule has 1 amide bonds. The average molecular weight is 402 g/mol. The van der Waals surface area contributed by atoms with Crippen LogP contribution in [-0.2, 0) is 4.79 Å². The van der Waals surface area contributed by atoms with Crippen LogP contribution in [0.25, 0.3) is 5.69 Å². The molecule has 0 radical (unpaired) electrons. The van der Waals surface area contributed by atoms with Gasteiger partial charge in [0.2, 0.25) is 11.1 Å². The Bertz CT molecular complexity index is 942. The van der Waals surface area contributed by atoms with Gasteiger partial charge in [0.25, 0.3) is 0 Å². The highest BCUT2D eigenvalue weighted by Gasteiger charge is 2.15. The van der Waals surface area contributed by atoms with Gasteiger partial charge in [0.15, 0.2) is 0 Å². The molecule has 3 rings (SSSR count). The molecule has 3 aromatic rings. The number of carbonyl (C=O) groups is 1. The predicted octanol–water partition coefficient (Wildman–Crippen LogP) is 3.90. The van der Waals surface area contributed by atoms with Crippen molar-refractivity contribution < 1.29 is 4.79 Å². The Balaban J connectivity index is 1.63. The second kappa shape index (κ2) is 8.54. The van der Waals surface area contributed by atoms with Crippen LogP contribution in [0.4, 0.5) is 0 Å². The van der Waals surface area contributed by atoms with Crippen molar-refractivity contribution in [3.05, 3.63) is 64.2 Å². The fourth-order valence-corrected chi connectivity index (χ4v) is 3.53. The highest BCUT2D eigenvalue weighted by atomic mass is 35.5. The van der Waals surface area contributed by atoms with Crippen molar-refractivity contribution in [2.24, 2.45) is 0 Å². The summed E-state index contributed by atoms with van der Waals surface area (Å²) in [6.07, 6.45) is 0. The zero-order valence-electron chi connectivity index (χ0n) is 15.3. The molecule has 0 saturated carbocycles. The van der Waals surface area contributed by atoms with Gasteiger partial charge in [-0.3, -0.25) is 4.79 Å². The number of tetrazole rings is 1. The number of hydrogen-bond donors (Lipinski definition) is 1. The maximum absolute atomic E-state index is 12.3. The number of aryl methyl sites for hydroxylation is 2. The summed E-state index contributed by atoms with van der Waals surface area (Å²) in [5.74, 6) is 0.140. The van der Waals surface area contributed by atoms with E-state index in [2.05, 4.69) is 26.9 Å². The van der Waals surface area contributed by atoms with E-state index in [9.17, 15) is 4.79 Å². The van der Waals surface area contributed by atoms with E-state index in [4.69, 9.17) is 11.6 Å². The summed E-state index contributed by atoms with van der Waals surface area (Å²) in [6, 6.07) is 13.4. The van der Waals surface area contributed by atoms with Crippen molar-refractivity contribution in [2.45, 2.75) is 32.0 Å². The monoisotopic (exact) mass is 401 g/mol. The molecule has 0 aliphatic rings. The molecule has 1 N–H and O–H groups in total. The van der Waals surface area contributed by atoms with Crippen molar-refractivity contribution in [1.82, 2.24) is 25.5 Å². The Morgan fingerprint density at radius 2 is 1.96 bits per heavy atom. The lowest BCUT2D eigenvalue weighted by Crippen LogP contribution is -2.28. The fourth-order valence-electron chi connectivity index (χ4n) is 2.71. The number of nitrogens with one attached hydrogen (secondary N) is 1. The summed E-state index contributed by atoms with van der Waals surface area (Å²) < 4.78 is 1.66. The normalized spacial score (nSPS) is 12.0. The lowest BCUT2D eigenvalue weighted by Gasteiger charge is -2.14. The van der Waals surface area contributed by atoms with Crippen LogP contribution < -0.4 is 5.32 Å². The minimum atomic E-state index is -0.106. The van der Waals surface area contributed by atoms with Gasteiger partial charge in [0.1, 0.15) is 0 Å². The van der Waals surface area contributed by atoms with Crippen LogP contribution in [0, 0.1) is 13.8 Å². The van der Waals surface area contributed by atoms with Gasteiger partial charge in [-0.1, -0.05) is 53.2 Å². The summed E-state index contributed by atoms with van der Waals surface area (Å²) in [4.78, 5) is 12.3. The van der Waals surface area contributed by atoms with E-state index >= 15 is 0 Å². The van der Waals surface area contributed by atoms with E-state index in [0.717, 1.165) is 16.8 Å². The Morgan fingerprint density at radius 3 is 2.67 bits per heavy atom. The van der Waals surface area contributed by atoms with Crippen molar-refractivity contribution in [3.63, 3.8) is 0 Å². The molecule has 1 aromatic heterocycles. The maximum atomic E-state index is 12.3. The number of halogens is 1. The van der Waals surface area contributed by atoms with Gasteiger partial charge in [-0.25, -0.2) is 0 Å². The van der Waals surface area contributed by atoms with Gasteiger partial charge in [-0.05, 0) is 60.5 Å². The van der Waals surface area contributed by atoms with Crippen LogP contribution in [0.15, 0.2) is 47.6 Å². The molecule has 6 nitrogen and oxygen atoms in total. The van der Waals surface area contributed by atoms with E-state index < -0.39 is 0 Å². The summed E-state index contributed by atoms with van der Waals surface area (Å²) in [6.45, 7) is 5.99. The molecule has 140 valence electrons. The summed E-state index contributed by atoms with van der Waals surface area (Å²) in [5, 5.41) is 16.1. The Hall–Kier alpha value is -2.38. The molecule has 1 heterocycles. The van der Waals surface area contributed by atoms with Crippen molar-refractivity contribution in [2.75, 3.05) is 5.75 Å². The first-order chi connectivity index (χ1) is 12.9. The first-order valence-corrected chi connectivity index (χ1v) is 9.84. The predicted molar refractivity (Wildman–Crippen MR) is 107 cm³/mol. The quantitative estimate of drug-likeness (QED) is 0.634. The molecule has 0 aliphatic carbocycles. The molecule has 2 aromatic carbocycles. The number of benzene rings is 2. The van der Waals surface area contributed by atoms with Crippen molar-refractivity contribution in [1.29, 1.82) is 0 Å². The maximum Gasteiger partial charge on any atom is 0.230 e. The van der Waals surface area contributed by atoms with Crippen LogP contribution in [0.3, 0.4) is 0 Å². The third-order valence-corrected chi connectivity index (χ3v) is 5.27. The molecule has 0 unspecified atom stereocenters. The van der Waals surface area contributed by atoms with Gasteiger partial charge in [0, 0.05) is 5.02 Å². The zero-order valence-corrected chi connectivity index (χ0v) is 16.9. The van der Waals surface area contributed by atoms with Gasteiger partial charge in [-0.15, -0.1) is 5.10 Å². The fraction of sp³-hybridized carbons (Fsp3) is 0.263. The second-order valence-electron chi connectivity index (χ2n) is 6.29. The summed E-state index contributed by atoms with van der Waals surface area (Å²) >= 11 is 7.21. The van der Waals surface area contributed by atoms with Gasteiger partial charge < -0.3 is 5.32 Å². The summed E-state index contributed by atoms with van der Waals surface area (Å²) in [5.41, 5.74) is 4.15. The number of rotatable bonds is 6. The smallest absolute Gasteiger partial charge is 0.230 e. The number of aromatic nitrogens is 4. The SMILES string of the molecule is Cc1ccc(-n2nnnc2SCC(=O)N[C@@H](C)c2ccc(Cl)cc2)c(C)c1. The number of carbonyl (C=O) groups excluding carboxylic acids is 1. The number of thioether (sulfide) groups is 1. The molecule has 8 heteroatoms. The topological polar surface area (TPSA) is 72.7 Å². The molecule has 1 atom stereocenters. The zero-order chi connectivity index (χ0) is 19.4. The molecule has 0 fully saturated rings. The minimum absolute atomic E-state index is 0.0855. The molecule has 0 bridgehead atoms. The highest BCUT2D eigenvalue weighted by molar-refractivity contribution is 7.99. The molecule has 0 spiro atoms. The Morgan fingerprint density at radius 1 is 1.22 bits per heavy atom. The first kappa shape index (κ1) is 19.4. The van der Waals surface area contributed by atoms with Crippen molar-refractivity contribution >= 4 is 29.3 Å². The first-order valence-electron chi connectivity index (χ1n) is 8.47. The molecular formula is C19H20ClN5OS. The minimum Gasteiger partial charge on any atom is -0.349 e. The van der Waals surface area contributed by atoms with Gasteiger partial charge >= 0.3 is 0 Å². The van der Waals surface area contributed by atoms with E-state index in [1.807, 2.05) is 57.2 Å². The van der Waals surface area contributed by atoms with Crippen molar-refractivity contribution in [3.8, 4) is 5.69 Å². The molecule has 27 heavy (non-hydrogen) atoms. The lowest BCUT2D eigenvalue weighted by molar-refractivity contribution is -0.119. The third kappa shape index (κ3) is 4.87. The van der Waals surface area contributed by atoms with Crippen LogP contribution in [-0.4, -0.2) is 31.9 Å². The van der Waals surface area contributed by atoms with Crippen LogP contribution in [0.2, 0.25) is 5.02 Å². The molecule has 0 aliphatic heterocycles. The second-order valence-corrected chi connectivity index (χ2v) is 7.67. The van der Waals surface area contributed by atoms with E-state index in [-0.39, 0.29) is 17.7 Å². The number of hydrogen-bond acceptors (Lipinski definition) is 5. The third-order valence-electron chi connectivity index (χ3n) is 4.10. The van der Waals surface area contributed by atoms with Crippen LogP contribution in [0.1, 0.15) is 29.7 Å². The lowest BCUT2D eigenvalue weighted by atomic mass is 10.1. The van der Waals surface area contributed by atoms with E-state index in [0.29, 0.717) is 10.2 Å². The highest BCUT2D eigenvalue weighted by Crippen LogP contribution is 2.22. The Kier molecular flexibility index (Phi) is 6.13. The number of nitrogens with zero attached hydrogens (tertiary/aromatic N) is 4. The van der Waals surface area contributed by atoms with Crippen LogP contribution in [0.5, 0.6) is 0 Å². The largest absolute Gasteiger partial charge is 0.349 e. The standard InChI is InChI=1S/C19H20ClN5OS/c1-12-4-9-17(13(2)10-12)25-19(22-23-24-25)27-11-18(26)21-14(3)15-5-7-16(20)8-6-15/h4-10,14H,11H2,1-3H3,(H,21,26)/t14-/m0/s1. The molecule has 0 saturated heterocycles. The van der Waals surface area contributed by atoms with E-state index in [1.165, 1.54) is 17.3 Å². The van der Waals surface area contributed by atoms with Gasteiger partial charge in [0.05, 0.1) is 17.5 Å². The van der Waals surface area contributed by atoms with E-state index in [1.54, 1.807) is 4.68 Å². The summed E-state index contributed by atoms with van der Waals surface area (Å²) in [7, 11) is 0. The van der Waals surface area contributed by atoms with Gasteiger partial charge in [-0.2, -0.15) is 4.68 Å².